The molecule has 0 saturated heterocycles. The first-order valence-electron chi connectivity index (χ1n) is 10.8. The van der Waals surface area contributed by atoms with Gasteiger partial charge in [0.1, 0.15) is 0 Å². The summed E-state index contributed by atoms with van der Waals surface area (Å²) in [5.41, 5.74) is 1.96. The molecular weight excluding hydrogens is 398 g/mol. The average Bonchev–Trinajstić information content (AvgIpc) is 3.17. The zero-order valence-electron chi connectivity index (χ0n) is 18.6. The lowest BCUT2D eigenvalue weighted by molar-refractivity contribution is 0.287. The number of nitrogens with zero attached hydrogens (tertiary/aromatic N) is 3. The number of ether oxygens (including phenoxy) is 2. The van der Waals surface area contributed by atoms with Gasteiger partial charge in [0.15, 0.2) is 16.6 Å². The van der Waals surface area contributed by atoms with E-state index in [0.717, 1.165) is 55.3 Å². The number of hydrogen-bond acceptors (Lipinski definition) is 5. The molecule has 1 heterocycles. The molecule has 0 aliphatic carbocycles. The van der Waals surface area contributed by atoms with Crippen molar-refractivity contribution in [3.63, 3.8) is 0 Å². The van der Waals surface area contributed by atoms with Crippen LogP contribution in [0.25, 0.3) is 0 Å². The van der Waals surface area contributed by atoms with Crippen molar-refractivity contribution < 1.29 is 9.47 Å². The Hall–Kier alpha value is -2.32. The van der Waals surface area contributed by atoms with Crippen molar-refractivity contribution >= 4 is 23.0 Å². The first-order valence-corrected chi connectivity index (χ1v) is 11.2. The SMILES string of the molecule is CCOc1ccc(Cn2cc(NC(=S)NCCCN(CC)CC)cn2)cc1OCC. The van der Waals surface area contributed by atoms with Crippen molar-refractivity contribution in [1.29, 1.82) is 0 Å². The van der Waals surface area contributed by atoms with E-state index in [0.29, 0.717) is 24.9 Å². The molecule has 2 N–H and O–H groups in total. The van der Waals surface area contributed by atoms with E-state index in [9.17, 15) is 0 Å². The molecule has 30 heavy (non-hydrogen) atoms. The zero-order chi connectivity index (χ0) is 21.8. The molecule has 0 saturated carbocycles. The number of anilines is 1. The molecule has 0 spiro atoms. The van der Waals surface area contributed by atoms with Crippen molar-refractivity contribution in [2.24, 2.45) is 0 Å². The third-order valence-corrected chi connectivity index (χ3v) is 4.92. The van der Waals surface area contributed by atoms with Gasteiger partial charge >= 0.3 is 0 Å². The minimum atomic E-state index is 0.596. The fourth-order valence-corrected chi connectivity index (χ4v) is 3.34. The van der Waals surface area contributed by atoms with E-state index < -0.39 is 0 Å². The number of rotatable bonds is 13. The highest BCUT2D eigenvalue weighted by atomic mass is 32.1. The third-order valence-electron chi connectivity index (χ3n) is 4.67. The van der Waals surface area contributed by atoms with Crippen molar-refractivity contribution in [2.75, 3.05) is 44.7 Å². The van der Waals surface area contributed by atoms with Gasteiger partial charge in [0.2, 0.25) is 0 Å². The molecule has 1 aromatic carbocycles. The van der Waals surface area contributed by atoms with Crippen LogP contribution in [0.5, 0.6) is 11.5 Å². The molecule has 8 heteroatoms. The lowest BCUT2D eigenvalue weighted by Crippen LogP contribution is -2.32. The van der Waals surface area contributed by atoms with Gasteiger partial charge in [-0.2, -0.15) is 5.10 Å². The maximum Gasteiger partial charge on any atom is 0.170 e. The minimum Gasteiger partial charge on any atom is -0.490 e. The normalized spacial score (nSPS) is 10.8. The first kappa shape index (κ1) is 24.0. The number of hydrogen-bond donors (Lipinski definition) is 2. The predicted octanol–water partition coefficient (Wildman–Crippen LogP) is 3.75. The van der Waals surface area contributed by atoms with Crippen molar-refractivity contribution in [3.05, 3.63) is 36.2 Å². The van der Waals surface area contributed by atoms with Gasteiger partial charge in [0, 0.05) is 12.7 Å². The molecule has 2 rings (SSSR count). The Balaban J connectivity index is 1.84. The molecule has 7 nitrogen and oxygen atoms in total. The van der Waals surface area contributed by atoms with Crippen LogP contribution in [0.2, 0.25) is 0 Å². The van der Waals surface area contributed by atoms with E-state index in [1.54, 1.807) is 6.20 Å². The second kappa shape index (κ2) is 13.1. The fraction of sp³-hybridized carbons (Fsp3) is 0.545. The van der Waals surface area contributed by atoms with Crippen molar-refractivity contribution in [1.82, 2.24) is 20.0 Å². The van der Waals surface area contributed by atoms with E-state index in [1.165, 1.54) is 0 Å². The van der Waals surface area contributed by atoms with E-state index in [-0.39, 0.29) is 0 Å². The van der Waals surface area contributed by atoms with Gasteiger partial charge in [-0.05, 0) is 69.8 Å². The first-order chi connectivity index (χ1) is 14.6. The summed E-state index contributed by atoms with van der Waals surface area (Å²) in [6, 6.07) is 5.99. The highest BCUT2D eigenvalue weighted by molar-refractivity contribution is 7.80. The smallest absolute Gasteiger partial charge is 0.170 e. The van der Waals surface area contributed by atoms with Crippen LogP contribution in [-0.2, 0) is 6.54 Å². The molecule has 0 fully saturated rings. The molecular formula is C22H35N5O2S. The van der Waals surface area contributed by atoms with Gasteiger partial charge in [0.25, 0.3) is 0 Å². The lowest BCUT2D eigenvalue weighted by atomic mass is 10.2. The Bertz CT molecular complexity index is 777. The zero-order valence-corrected chi connectivity index (χ0v) is 19.4. The van der Waals surface area contributed by atoms with Crippen LogP contribution in [-0.4, -0.2) is 59.2 Å². The fourth-order valence-electron chi connectivity index (χ4n) is 3.12. The third kappa shape index (κ3) is 7.84. The summed E-state index contributed by atoms with van der Waals surface area (Å²) in [5, 5.41) is 11.5. The standard InChI is InChI=1S/C22H35N5O2S/c1-5-26(6-2)13-9-12-23-22(30)25-19-15-24-27(17-19)16-18-10-11-20(28-7-3)21(14-18)29-8-4/h10-11,14-15,17H,5-9,12-13,16H2,1-4H3,(H2,23,25,30). The largest absolute Gasteiger partial charge is 0.490 e. The minimum absolute atomic E-state index is 0.596. The van der Waals surface area contributed by atoms with Crippen molar-refractivity contribution in [3.8, 4) is 11.5 Å². The second-order valence-electron chi connectivity index (χ2n) is 6.84. The summed E-state index contributed by atoms with van der Waals surface area (Å²) >= 11 is 5.39. The summed E-state index contributed by atoms with van der Waals surface area (Å²) in [7, 11) is 0. The summed E-state index contributed by atoms with van der Waals surface area (Å²) < 4.78 is 13.2. The molecule has 0 amide bonds. The summed E-state index contributed by atoms with van der Waals surface area (Å²) in [4.78, 5) is 2.40. The van der Waals surface area contributed by atoms with Gasteiger partial charge in [-0.1, -0.05) is 19.9 Å². The summed E-state index contributed by atoms with van der Waals surface area (Å²) in [5.74, 6) is 1.53. The maximum atomic E-state index is 5.71. The quantitative estimate of drug-likeness (QED) is 0.368. The van der Waals surface area contributed by atoms with E-state index >= 15 is 0 Å². The van der Waals surface area contributed by atoms with Crippen LogP contribution in [0, 0.1) is 0 Å². The molecule has 0 radical (unpaired) electrons. The molecule has 166 valence electrons. The number of benzene rings is 1. The van der Waals surface area contributed by atoms with Crippen LogP contribution in [0.4, 0.5) is 5.69 Å². The molecule has 0 unspecified atom stereocenters. The van der Waals surface area contributed by atoms with Gasteiger partial charge in [-0.25, -0.2) is 0 Å². The molecule has 0 atom stereocenters. The van der Waals surface area contributed by atoms with Crippen LogP contribution in [0.3, 0.4) is 0 Å². The summed E-state index contributed by atoms with van der Waals surface area (Å²) in [6.07, 6.45) is 4.78. The number of thiocarbonyl (C=S) groups is 1. The van der Waals surface area contributed by atoms with Gasteiger partial charge in [0.05, 0.1) is 31.6 Å². The highest BCUT2D eigenvalue weighted by Gasteiger charge is 2.08. The van der Waals surface area contributed by atoms with Gasteiger partial charge in [-0.3, -0.25) is 4.68 Å². The topological polar surface area (TPSA) is 63.6 Å². The lowest BCUT2D eigenvalue weighted by Gasteiger charge is -2.18. The average molecular weight is 434 g/mol. The van der Waals surface area contributed by atoms with Gasteiger partial charge < -0.3 is 25.0 Å². The Morgan fingerprint density at radius 2 is 1.83 bits per heavy atom. The maximum absolute atomic E-state index is 5.71. The van der Waals surface area contributed by atoms with Crippen LogP contribution in [0.15, 0.2) is 30.6 Å². The highest BCUT2D eigenvalue weighted by Crippen LogP contribution is 2.28. The monoisotopic (exact) mass is 433 g/mol. The van der Waals surface area contributed by atoms with Crippen LogP contribution >= 0.6 is 12.2 Å². The molecule has 0 aliphatic rings. The summed E-state index contributed by atoms with van der Waals surface area (Å²) in [6.45, 7) is 14.2. The Labute approximate surface area is 185 Å². The Morgan fingerprint density at radius 1 is 1.10 bits per heavy atom. The van der Waals surface area contributed by atoms with Crippen LogP contribution < -0.4 is 20.1 Å². The van der Waals surface area contributed by atoms with E-state index in [2.05, 4.69) is 34.5 Å². The Kier molecular flexibility index (Phi) is 10.4. The predicted molar refractivity (Wildman–Crippen MR) is 127 cm³/mol. The number of nitrogens with one attached hydrogen (secondary N) is 2. The molecule has 2 aromatic rings. The van der Waals surface area contributed by atoms with E-state index in [4.69, 9.17) is 21.7 Å². The van der Waals surface area contributed by atoms with Crippen LogP contribution in [0.1, 0.15) is 39.7 Å². The molecule has 0 bridgehead atoms. The number of aromatic nitrogens is 2. The van der Waals surface area contributed by atoms with E-state index in [1.807, 2.05) is 42.9 Å². The molecule has 0 aliphatic heterocycles. The van der Waals surface area contributed by atoms with Gasteiger partial charge in [-0.15, -0.1) is 0 Å². The Morgan fingerprint density at radius 3 is 2.53 bits per heavy atom. The second-order valence-corrected chi connectivity index (χ2v) is 7.24. The van der Waals surface area contributed by atoms with Crippen molar-refractivity contribution in [2.45, 2.75) is 40.7 Å². The molecule has 1 aromatic heterocycles.